The summed E-state index contributed by atoms with van der Waals surface area (Å²) in [5, 5.41) is 12.5. The van der Waals surface area contributed by atoms with Crippen LogP contribution in [0.3, 0.4) is 0 Å². The van der Waals surface area contributed by atoms with Crippen molar-refractivity contribution < 1.29 is 14.3 Å². The monoisotopic (exact) mass is 337 g/mol. The zero-order valence-electron chi connectivity index (χ0n) is 13.8. The Labute approximate surface area is 145 Å². The second-order valence-electron chi connectivity index (χ2n) is 5.99. The van der Waals surface area contributed by atoms with Gasteiger partial charge in [-0.2, -0.15) is 5.26 Å². The Morgan fingerprint density at radius 1 is 1.36 bits per heavy atom. The quantitative estimate of drug-likeness (QED) is 0.621. The predicted molar refractivity (Wildman–Crippen MR) is 93.3 cm³/mol. The molecule has 6 nitrogen and oxygen atoms in total. The number of esters is 1. The molecule has 1 heterocycles. The highest BCUT2D eigenvalue weighted by Crippen LogP contribution is 2.23. The van der Waals surface area contributed by atoms with Gasteiger partial charge in [-0.05, 0) is 25.0 Å². The van der Waals surface area contributed by atoms with E-state index in [0.29, 0.717) is 13.0 Å². The third kappa shape index (κ3) is 4.48. The molecule has 1 N–H and O–H groups in total. The van der Waals surface area contributed by atoms with Crippen LogP contribution in [-0.4, -0.2) is 29.1 Å². The number of aryl methyl sites for hydroxylation is 1. The van der Waals surface area contributed by atoms with Crippen LogP contribution in [-0.2, 0) is 20.9 Å². The van der Waals surface area contributed by atoms with Gasteiger partial charge in [0.05, 0.1) is 12.5 Å². The van der Waals surface area contributed by atoms with Gasteiger partial charge in [0, 0.05) is 41.3 Å². The lowest BCUT2D eigenvalue weighted by molar-refractivity contribution is -0.143. The number of hydrogen-bond acceptors (Lipinski definition) is 4. The van der Waals surface area contributed by atoms with Crippen molar-refractivity contribution >= 4 is 28.9 Å². The van der Waals surface area contributed by atoms with Crippen LogP contribution in [0.5, 0.6) is 0 Å². The number of amides is 1. The summed E-state index contributed by atoms with van der Waals surface area (Å²) in [7, 11) is 0. The van der Waals surface area contributed by atoms with Crippen LogP contribution in [0.15, 0.2) is 36.5 Å². The van der Waals surface area contributed by atoms with Crippen LogP contribution < -0.4 is 5.32 Å². The molecule has 0 saturated heterocycles. The minimum absolute atomic E-state index is 0.251. The van der Waals surface area contributed by atoms with Crippen LogP contribution in [0.2, 0.25) is 0 Å². The third-order valence-corrected chi connectivity index (χ3v) is 3.97. The van der Waals surface area contributed by atoms with E-state index in [1.165, 1.54) is 6.08 Å². The van der Waals surface area contributed by atoms with E-state index in [1.807, 2.05) is 35.0 Å². The Bertz CT molecular complexity index is 856. The lowest BCUT2D eigenvalue weighted by Gasteiger charge is -2.02. The number of rotatable bonds is 7. The summed E-state index contributed by atoms with van der Waals surface area (Å²) in [5.74, 6) is -0.822. The van der Waals surface area contributed by atoms with E-state index in [0.717, 1.165) is 29.3 Å². The zero-order valence-corrected chi connectivity index (χ0v) is 13.8. The summed E-state index contributed by atoms with van der Waals surface area (Å²) in [6, 6.07) is 10.2. The van der Waals surface area contributed by atoms with Crippen molar-refractivity contribution in [3.05, 3.63) is 42.1 Å². The number of nitrogens with zero attached hydrogens (tertiary/aromatic N) is 2. The molecule has 25 heavy (non-hydrogen) atoms. The molecule has 6 heteroatoms. The lowest BCUT2D eigenvalue weighted by atomic mass is 10.1. The van der Waals surface area contributed by atoms with Crippen molar-refractivity contribution in [3.63, 3.8) is 0 Å². The maximum Gasteiger partial charge on any atom is 0.331 e. The standard InChI is InChI=1S/C19H19N3O3/c20-10-3-11-22-12-14(16-4-1-2-5-17(16)22)6-9-19(24)25-13-18(23)21-15-7-8-15/h1-2,4-6,9,12,15H,3,7-8,11,13H2,(H,21,23)/b9-6+. The van der Waals surface area contributed by atoms with Crippen LogP contribution in [0.25, 0.3) is 17.0 Å². The highest BCUT2D eigenvalue weighted by molar-refractivity contribution is 5.95. The fraction of sp³-hybridized carbons (Fsp3) is 0.316. The number of para-hydroxylation sites is 1. The summed E-state index contributed by atoms with van der Waals surface area (Å²) in [5.41, 5.74) is 1.88. The van der Waals surface area contributed by atoms with E-state index in [-0.39, 0.29) is 18.6 Å². The first-order valence-electron chi connectivity index (χ1n) is 8.26. The van der Waals surface area contributed by atoms with E-state index >= 15 is 0 Å². The summed E-state index contributed by atoms with van der Waals surface area (Å²) in [6.45, 7) is 0.334. The van der Waals surface area contributed by atoms with E-state index in [9.17, 15) is 9.59 Å². The average Bonchev–Trinajstić information content (AvgIpc) is 3.36. The van der Waals surface area contributed by atoms with Gasteiger partial charge in [-0.25, -0.2) is 4.79 Å². The van der Waals surface area contributed by atoms with Gasteiger partial charge >= 0.3 is 5.97 Å². The van der Waals surface area contributed by atoms with Crippen molar-refractivity contribution in [2.75, 3.05) is 6.61 Å². The number of hydrogen-bond donors (Lipinski definition) is 1. The Morgan fingerprint density at radius 3 is 2.92 bits per heavy atom. The first-order chi connectivity index (χ1) is 12.2. The summed E-state index contributed by atoms with van der Waals surface area (Å²) in [4.78, 5) is 23.3. The predicted octanol–water partition coefficient (Wildman–Crippen LogP) is 2.39. The number of nitriles is 1. The van der Waals surface area contributed by atoms with Crippen molar-refractivity contribution in [3.8, 4) is 6.07 Å². The Balaban J connectivity index is 1.64. The van der Waals surface area contributed by atoms with E-state index in [4.69, 9.17) is 10.00 Å². The summed E-state index contributed by atoms with van der Waals surface area (Å²) in [6.07, 6.45) is 7.31. The zero-order chi connectivity index (χ0) is 17.6. The van der Waals surface area contributed by atoms with Crippen molar-refractivity contribution in [2.24, 2.45) is 0 Å². The van der Waals surface area contributed by atoms with Gasteiger partial charge in [-0.3, -0.25) is 4.79 Å². The highest BCUT2D eigenvalue weighted by Gasteiger charge is 2.23. The SMILES string of the molecule is N#CCCn1cc(/C=C/C(=O)OCC(=O)NC2CC2)c2ccccc21. The van der Waals surface area contributed by atoms with E-state index < -0.39 is 5.97 Å². The molecule has 1 aliphatic carbocycles. The maximum absolute atomic E-state index is 11.8. The van der Waals surface area contributed by atoms with Gasteiger partial charge in [0.15, 0.2) is 6.61 Å². The van der Waals surface area contributed by atoms with E-state index in [1.54, 1.807) is 6.08 Å². The average molecular weight is 337 g/mol. The maximum atomic E-state index is 11.8. The molecule has 0 bridgehead atoms. The largest absolute Gasteiger partial charge is 0.452 e. The Kier molecular flexibility index (Phi) is 5.14. The molecular weight excluding hydrogens is 318 g/mol. The van der Waals surface area contributed by atoms with Gasteiger partial charge in [-0.1, -0.05) is 18.2 Å². The molecule has 1 fully saturated rings. The van der Waals surface area contributed by atoms with Crippen LogP contribution in [0.4, 0.5) is 0 Å². The molecular formula is C19H19N3O3. The summed E-state index contributed by atoms with van der Waals surface area (Å²) < 4.78 is 6.94. The molecule has 0 aliphatic heterocycles. The number of nitrogens with one attached hydrogen (secondary N) is 1. The smallest absolute Gasteiger partial charge is 0.331 e. The molecule has 1 amide bonds. The van der Waals surface area contributed by atoms with Gasteiger partial charge in [0.2, 0.25) is 0 Å². The molecule has 0 spiro atoms. The van der Waals surface area contributed by atoms with Crippen LogP contribution >= 0.6 is 0 Å². The Hall–Kier alpha value is -3.07. The normalized spacial score (nSPS) is 13.7. The molecule has 2 aromatic rings. The molecule has 0 radical (unpaired) electrons. The van der Waals surface area contributed by atoms with E-state index in [2.05, 4.69) is 11.4 Å². The second kappa shape index (κ2) is 7.67. The fourth-order valence-electron chi connectivity index (χ4n) is 2.60. The molecule has 0 unspecified atom stereocenters. The minimum Gasteiger partial charge on any atom is -0.452 e. The topological polar surface area (TPSA) is 84.1 Å². The molecule has 3 rings (SSSR count). The Morgan fingerprint density at radius 2 is 2.16 bits per heavy atom. The van der Waals surface area contributed by atoms with Crippen LogP contribution in [0.1, 0.15) is 24.8 Å². The molecule has 1 saturated carbocycles. The van der Waals surface area contributed by atoms with Gasteiger partial charge in [0.1, 0.15) is 0 Å². The molecule has 1 aromatic carbocycles. The third-order valence-electron chi connectivity index (χ3n) is 3.97. The van der Waals surface area contributed by atoms with Crippen molar-refractivity contribution in [2.45, 2.75) is 31.8 Å². The summed E-state index contributed by atoms with van der Waals surface area (Å²) >= 11 is 0. The second-order valence-corrected chi connectivity index (χ2v) is 5.99. The number of aromatic nitrogens is 1. The van der Waals surface area contributed by atoms with Gasteiger partial charge in [-0.15, -0.1) is 0 Å². The number of benzene rings is 1. The molecule has 1 aliphatic rings. The van der Waals surface area contributed by atoms with Gasteiger partial charge < -0.3 is 14.6 Å². The fourth-order valence-corrected chi connectivity index (χ4v) is 2.60. The van der Waals surface area contributed by atoms with Crippen molar-refractivity contribution in [1.82, 2.24) is 9.88 Å². The number of ether oxygens (including phenoxy) is 1. The molecule has 0 atom stereocenters. The van der Waals surface area contributed by atoms with Gasteiger partial charge in [0.25, 0.3) is 5.91 Å². The first-order valence-corrected chi connectivity index (χ1v) is 8.26. The first kappa shape index (κ1) is 16.8. The number of fused-ring (bicyclic) bond motifs is 1. The minimum atomic E-state index is -0.556. The van der Waals surface area contributed by atoms with Crippen LogP contribution in [0, 0.1) is 11.3 Å². The molecule has 128 valence electrons. The molecule has 1 aromatic heterocycles. The number of carbonyl (C=O) groups is 2. The highest BCUT2D eigenvalue weighted by atomic mass is 16.5. The number of carbonyl (C=O) groups excluding carboxylic acids is 2. The lowest BCUT2D eigenvalue weighted by Crippen LogP contribution is -2.30. The van der Waals surface area contributed by atoms with Crippen molar-refractivity contribution in [1.29, 1.82) is 5.26 Å².